The number of rotatable bonds is 10. The van der Waals surface area contributed by atoms with Crippen LogP contribution in [0.25, 0.3) is 0 Å². The van der Waals surface area contributed by atoms with Gasteiger partial charge >= 0.3 is 6.09 Å². The summed E-state index contributed by atoms with van der Waals surface area (Å²) >= 11 is 0. The Kier molecular flexibility index (Phi) is 10.9. The van der Waals surface area contributed by atoms with E-state index in [1.807, 2.05) is 90.1 Å². The number of hydrogen-bond donors (Lipinski definition) is 2. The van der Waals surface area contributed by atoms with Crippen LogP contribution in [0, 0.1) is 19.8 Å². The number of nitrogens with zero attached hydrogens (tertiary/aromatic N) is 1. The molecule has 0 aliphatic carbocycles. The molecule has 0 bridgehead atoms. The van der Waals surface area contributed by atoms with Crippen molar-refractivity contribution in [3.05, 3.63) is 65.2 Å². The number of carbonyl (C=O) groups excluding carboxylic acids is 3. The van der Waals surface area contributed by atoms with E-state index in [-0.39, 0.29) is 23.8 Å². The Morgan fingerprint density at radius 2 is 1.50 bits per heavy atom. The molecule has 3 atom stereocenters. The summed E-state index contributed by atoms with van der Waals surface area (Å²) in [6, 6.07) is 13.2. The summed E-state index contributed by atoms with van der Waals surface area (Å²) in [5.74, 6) is -0.495. The van der Waals surface area contributed by atoms with Gasteiger partial charge in [-0.2, -0.15) is 0 Å². The average molecular weight is 524 g/mol. The van der Waals surface area contributed by atoms with Gasteiger partial charge in [0.05, 0.1) is 0 Å². The van der Waals surface area contributed by atoms with Gasteiger partial charge in [-0.1, -0.05) is 63.2 Å². The fourth-order valence-electron chi connectivity index (χ4n) is 4.34. The molecular formula is C31H45N3O4. The van der Waals surface area contributed by atoms with Crippen LogP contribution >= 0.6 is 0 Å². The maximum Gasteiger partial charge on any atom is 0.408 e. The van der Waals surface area contributed by atoms with E-state index in [1.54, 1.807) is 25.7 Å². The SMILES string of the molecule is CCC(C)N(C(=O)C(CC(C)C)NC(=O)OC(C)(C)C)C(C(=O)Nc1ccccc1C)c1ccccc1C. The summed E-state index contributed by atoms with van der Waals surface area (Å²) in [7, 11) is 0. The Morgan fingerprint density at radius 3 is 2.03 bits per heavy atom. The Morgan fingerprint density at radius 1 is 0.921 bits per heavy atom. The predicted molar refractivity (Wildman–Crippen MR) is 153 cm³/mol. The molecule has 0 aromatic heterocycles. The third kappa shape index (κ3) is 8.61. The molecule has 0 heterocycles. The lowest BCUT2D eigenvalue weighted by atomic mass is 9.94. The van der Waals surface area contributed by atoms with Crippen LogP contribution in [-0.4, -0.2) is 40.5 Å². The van der Waals surface area contributed by atoms with E-state index in [2.05, 4.69) is 10.6 Å². The van der Waals surface area contributed by atoms with Crippen molar-refractivity contribution >= 4 is 23.6 Å². The minimum atomic E-state index is -0.895. The molecule has 2 aromatic carbocycles. The van der Waals surface area contributed by atoms with Gasteiger partial charge in [0, 0.05) is 11.7 Å². The fourth-order valence-corrected chi connectivity index (χ4v) is 4.34. The highest BCUT2D eigenvalue weighted by atomic mass is 16.6. The number of anilines is 1. The monoisotopic (exact) mass is 523 g/mol. The number of aryl methyl sites for hydroxylation is 2. The zero-order chi connectivity index (χ0) is 28.6. The molecule has 38 heavy (non-hydrogen) atoms. The molecule has 2 rings (SSSR count). The van der Waals surface area contributed by atoms with Crippen LogP contribution in [0.5, 0.6) is 0 Å². The highest BCUT2D eigenvalue weighted by Crippen LogP contribution is 2.30. The lowest BCUT2D eigenvalue weighted by molar-refractivity contribution is -0.143. The molecule has 0 aliphatic heterocycles. The Labute approximate surface area is 228 Å². The van der Waals surface area contributed by atoms with E-state index >= 15 is 0 Å². The third-order valence-corrected chi connectivity index (χ3v) is 6.43. The number of para-hydroxylation sites is 1. The van der Waals surface area contributed by atoms with Crippen LogP contribution in [0.2, 0.25) is 0 Å². The minimum Gasteiger partial charge on any atom is -0.444 e. The van der Waals surface area contributed by atoms with Gasteiger partial charge in [-0.3, -0.25) is 9.59 Å². The first-order valence-corrected chi connectivity index (χ1v) is 13.5. The summed E-state index contributed by atoms with van der Waals surface area (Å²) in [4.78, 5) is 42.7. The normalized spacial score (nSPS) is 13.8. The number of carbonyl (C=O) groups is 3. The second-order valence-electron chi connectivity index (χ2n) is 11.4. The number of nitrogens with one attached hydrogen (secondary N) is 2. The van der Waals surface area contributed by atoms with Gasteiger partial charge < -0.3 is 20.3 Å². The average Bonchev–Trinajstić information content (AvgIpc) is 2.81. The molecule has 0 radical (unpaired) electrons. The molecule has 208 valence electrons. The number of benzene rings is 2. The highest BCUT2D eigenvalue weighted by molar-refractivity contribution is 5.99. The van der Waals surface area contributed by atoms with Gasteiger partial charge in [-0.15, -0.1) is 0 Å². The van der Waals surface area contributed by atoms with Crippen molar-refractivity contribution in [3.8, 4) is 0 Å². The Balaban J connectivity index is 2.59. The van der Waals surface area contributed by atoms with Crippen LogP contribution in [0.1, 0.15) is 84.0 Å². The molecule has 0 saturated heterocycles. The van der Waals surface area contributed by atoms with Crippen molar-refractivity contribution in [1.82, 2.24) is 10.2 Å². The Hall–Kier alpha value is -3.35. The first-order chi connectivity index (χ1) is 17.7. The first kappa shape index (κ1) is 30.9. The minimum absolute atomic E-state index is 0.121. The van der Waals surface area contributed by atoms with Gasteiger partial charge in [-0.05, 0) is 83.1 Å². The highest BCUT2D eigenvalue weighted by Gasteiger charge is 2.39. The molecule has 3 unspecified atom stereocenters. The van der Waals surface area contributed by atoms with Crippen molar-refractivity contribution < 1.29 is 19.1 Å². The topological polar surface area (TPSA) is 87.7 Å². The van der Waals surface area contributed by atoms with Crippen LogP contribution in [-0.2, 0) is 14.3 Å². The zero-order valence-electron chi connectivity index (χ0n) is 24.4. The van der Waals surface area contributed by atoms with E-state index in [9.17, 15) is 14.4 Å². The number of alkyl carbamates (subject to hydrolysis) is 1. The smallest absolute Gasteiger partial charge is 0.408 e. The summed E-state index contributed by atoms with van der Waals surface area (Å²) < 4.78 is 5.47. The molecule has 7 heteroatoms. The second-order valence-corrected chi connectivity index (χ2v) is 11.4. The maximum atomic E-state index is 14.3. The summed E-state index contributed by atoms with van der Waals surface area (Å²) in [6.07, 6.45) is 0.384. The van der Waals surface area contributed by atoms with Crippen LogP contribution in [0.15, 0.2) is 48.5 Å². The second kappa shape index (κ2) is 13.4. The predicted octanol–water partition coefficient (Wildman–Crippen LogP) is 6.55. The van der Waals surface area contributed by atoms with E-state index in [0.29, 0.717) is 18.5 Å². The van der Waals surface area contributed by atoms with Gasteiger partial charge in [0.15, 0.2) is 0 Å². The quantitative estimate of drug-likeness (QED) is 0.370. The van der Waals surface area contributed by atoms with E-state index in [0.717, 1.165) is 16.7 Å². The molecule has 0 aliphatic rings. The number of ether oxygens (including phenoxy) is 1. The van der Waals surface area contributed by atoms with Crippen LogP contribution in [0.3, 0.4) is 0 Å². The molecule has 2 N–H and O–H groups in total. The lowest BCUT2D eigenvalue weighted by Gasteiger charge is -2.39. The van der Waals surface area contributed by atoms with Crippen molar-refractivity contribution in [3.63, 3.8) is 0 Å². The first-order valence-electron chi connectivity index (χ1n) is 13.5. The van der Waals surface area contributed by atoms with Gasteiger partial charge in [-0.25, -0.2) is 4.79 Å². The van der Waals surface area contributed by atoms with Gasteiger partial charge in [0.25, 0.3) is 5.91 Å². The summed E-state index contributed by atoms with van der Waals surface area (Å²) in [5, 5.41) is 5.86. The van der Waals surface area contributed by atoms with Crippen LogP contribution < -0.4 is 10.6 Å². The number of hydrogen-bond acceptors (Lipinski definition) is 4. The Bertz CT molecular complexity index is 1110. The van der Waals surface area contributed by atoms with Gasteiger partial charge in [0.2, 0.25) is 5.91 Å². The van der Waals surface area contributed by atoms with Crippen molar-refractivity contribution in [2.24, 2.45) is 5.92 Å². The zero-order valence-corrected chi connectivity index (χ0v) is 24.4. The summed E-state index contributed by atoms with van der Waals surface area (Å²) in [6.45, 7) is 17.1. The molecule has 0 fully saturated rings. The van der Waals surface area contributed by atoms with E-state index < -0.39 is 23.8 Å². The van der Waals surface area contributed by atoms with E-state index in [1.165, 1.54) is 0 Å². The molecule has 0 spiro atoms. The van der Waals surface area contributed by atoms with E-state index in [4.69, 9.17) is 4.74 Å². The molecule has 2 aromatic rings. The maximum absolute atomic E-state index is 14.3. The summed E-state index contributed by atoms with van der Waals surface area (Å²) in [5.41, 5.74) is 2.56. The molecule has 7 nitrogen and oxygen atoms in total. The largest absolute Gasteiger partial charge is 0.444 e. The van der Waals surface area contributed by atoms with Crippen molar-refractivity contribution in [2.75, 3.05) is 5.32 Å². The van der Waals surface area contributed by atoms with Crippen molar-refractivity contribution in [1.29, 1.82) is 0 Å². The molecule has 3 amide bonds. The molecular weight excluding hydrogens is 478 g/mol. The van der Waals surface area contributed by atoms with Crippen LogP contribution in [0.4, 0.5) is 10.5 Å². The lowest BCUT2D eigenvalue weighted by Crippen LogP contribution is -2.55. The van der Waals surface area contributed by atoms with Crippen molar-refractivity contribution in [2.45, 2.75) is 98.9 Å². The standard InChI is InChI=1S/C31H45N3O4/c1-10-23(6)34(29(36)26(19-20(2)3)33-30(37)38-31(7,8)9)27(24-17-13-11-15-21(24)4)28(35)32-25-18-14-12-16-22(25)5/h11-18,20,23,26-27H,10,19H2,1-9H3,(H,32,35)(H,33,37). The fraction of sp³-hybridized carbons (Fsp3) is 0.516. The van der Waals surface area contributed by atoms with Gasteiger partial charge in [0.1, 0.15) is 17.7 Å². The third-order valence-electron chi connectivity index (χ3n) is 6.43. The molecule has 0 saturated carbocycles. The number of amides is 3.